The Morgan fingerprint density at radius 1 is 1.13 bits per heavy atom. The number of nitrogens with one attached hydrogen (secondary N) is 2. The van der Waals surface area contributed by atoms with E-state index < -0.39 is 28.6 Å². The van der Waals surface area contributed by atoms with Crippen LogP contribution in [-0.4, -0.2) is 17.9 Å². The predicted octanol–water partition coefficient (Wildman–Crippen LogP) is 3.21. The maximum absolute atomic E-state index is 12.8. The van der Waals surface area contributed by atoms with E-state index >= 15 is 0 Å². The standard InChI is InChI=1S/C15H14ClF3N2O2/c16-12-4-3-8(5-11(12)15(17,18)19)21-14(23)10-6-9(10)13(22)20-7-1-2-7/h3-5,7,9-10H,1-2,6H2,(H,20,22)(H,21,23). The van der Waals surface area contributed by atoms with E-state index in [-0.39, 0.29) is 23.6 Å². The first-order valence-corrected chi connectivity index (χ1v) is 7.61. The first-order chi connectivity index (χ1) is 10.8. The van der Waals surface area contributed by atoms with E-state index in [0.29, 0.717) is 6.42 Å². The molecule has 0 radical (unpaired) electrons. The van der Waals surface area contributed by atoms with Crippen molar-refractivity contribution in [3.63, 3.8) is 0 Å². The van der Waals surface area contributed by atoms with E-state index in [4.69, 9.17) is 11.6 Å². The number of hydrogen-bond acceptors (Lipinski definition) is 2. The highest BCUT2D eigenvalue weighted by molar-refractivity contribution is 6.31. The maximum atomic E-state index is 12.8. The van der Waals surface area contributed by atoms with Crippen molar-refractivity contribution in [1.82, 2.24) is 5.32 Å². The van der Waals surface area contributed by atoms with Crippen molar-refractivity contribution in [2.24, 2.45) is 11.8 Å². The number of carbonyl (C=O) groups excluding carboxylic acids is 2. The molecule has 2 unspecified atom stereocenters. The number of anilines is 1. The van der Waals surface area contributed by atoms with Crippen molar-refractivity contribution < 1.29 is 22.8 Å². The third-order valence-corrected chi connectivity index (χ3v) is 4.26. The highest BCUT2D eigenvalue weighted by Crippen LogP contribution is 2.41. The van der Waals surface area contributed by atoms with E-state index in [0.717, 1.165) is 25.0 Å². The third kappa shape index (κ3) is 3.77. The van der Waals surface area contributed by atoms with Gasteiger partial charge in [-0.25, -0.2) is 0 Å². The summed E-state index contributed by atoms with van der Waals surface area (Å²) in [5, 5.41) is 4.81. The average Bonchev–Trinajstić information content (AvgIpc) is 3.33. The lowest BCUT2D eigenvalue weighted by Gasteiger charge is -2.11. The molecule has 23 heavy (non-hydrogen) atoms. The zero-order valence-corrected chi connectivity index (χ0v) is 12.7. The van der Waals surface area contributed by atoms with Gasteiger partial charge in [-0.15, -0.1) is 0 Å². The molecule has 4 nitrogen and oxygen atoms in total. The number of amides is 2. The molecule has 124 valence electrons. The fourth-order valence-corrected chi connectivity index (χ4v) is 2.59. The highest BCUT2D eigenvalue weighted by Gasteiger charge is 2.49. The normalized spacial score (nSPS) is 23.3. The number of benzene rings is 1. The fraction of sp³-hybridized carbons (Fsp3) is 0.467. The Kier molecular flexibility index (Phi) is 4.00. The minimum Gasteiger partial charge on any atom is -0.353 e. The van der Waals surface area contributed by atoms with Crippen molar-refractivity contribution >= 4 is 29.1 Å². The molecule has 2 saturated carbocycles. The maximum Gasteiger partial charge on any atom is 0.417 e. The van der Waals surface area contributed by atoms with Crippen LogP contribution in [0.15, 0.2) is 18.2 Å². The molecule has 0 saturated heterocycles. The monoisotopic (exact) mass is 346 g/mol. The first-order valence-electron chi connectivity index (χ1n) is 7.23. The van der Waals surface area contributed by atoms with E-state index in [1.807, 2.05) is 0 Å². The molecule has 0 aliphatic heterocycles. The van der Waals surface area contributed by atoms with Crippen molar-refractivity contribution in [2.45, 2.75) is 31.5 Å². The Bertz CT molecular complexity index is 659. The topological polar surface area (TPSA) is 58.2 Å². The van der Waals surface area contributed by atoms with Crippen LogP contribution in [0, 0.1) is 11.8 Å². The average molecular weight is 347 g/mol. The summed E-state index contributed by atoms with van der Waals surface area (Å²) >= 11 is 5.53. The largest absolute Gasteiger partial charge is 0.417 e. The third-order valence-electron chi connectivity index (χ3n) is 3.93. The van der Waals surface area contributed by atoms with Crippen LogP contribution in [0.4, 0.5) is 18.9 Å². The van der Waals surface area contributed by atoms with Crippen molar-refractivity contribution in [3.8, 4) is 0 Å². The lowest BCUT2D eigenvalue weighted by molar-refractivity contribution is -0.137. The van der Waals surface area contributed by atoms with Crippen molar-refractivity contribution in [2.75, 3.05) is 5.32 Å². The SMILES string of the molecule is O=C(Nc1ccc(Cl)c(C(F)(F)F)c1)C1CC1C(=O)NC1CC1. The molecule has 3 rings (SSSR count). The second-order valence-electron chi connectivity index (χ2n) is 5.91. The molecule has 1 aromatic carbocycles. The van der Waals surface area contributed by atoms with Gasteiger partial charge in [0.05, 0.1) is 22.4 Å². The first kappa shape index (κ1) is 16.1. The van der Waals surface area contributed by atoms with Gasteiger partial charge in [0.1, 0.15) is 0 Å². The van der Waals surface area contributed by atoms with Gasteiger partial charge in [0, 0.05) is 11.7 Å². The molecule has 0 spiro atoms. The van der Waals surface area contributed by atoms with Gasteiger partial charge in [-0.1, -0.05) is 11.6 Å². The Morgan fingerprint density at radius 2 is 1.78 bits per heavy atom. The van der Waals surface area contributed by atoms with E-state index in [9.17, 15) is 22.8 Å². The highest BCUT2D eigenvalue weighted by atomic mass is 35.5. The van der Waals surface area contributed by atoms with Gasteiger partial charge in [0.25, 0.3) is 0 Å². The summed E-state index contributed by atoms with van der Waals surface area (Å²) in [6, 6.07) is 3.40. The van der Waals surface area contributed by atoms with Gasteiger partial charge in [-0.2, -0.15) is 13.2 Å². The van der Waals surface area contributed by atoms with E-state index in [1.165, 1.54) is 6.07 Å². The second-order valence-corrected chi connectivity index (χ2v) is 6.32. The van der Waals surface area contributed by atoms with Gasteiger partial charge in [-0.3, -0.25) is 9.59 Å². The number of hydrogen-bond donors (Lipinski definition) is 2. The lowest BCUT2D eigenvalue weighted by Crippen LogP contribution is -2.29. The summed E-state index contributed by atoms with van der Waals surface area (Å²) in [5.41, 5.74) is -0.990. The van der Waals surface area contributed by atoms with Crippen LogP contribution in [0.2, 0.25) is 5.02 Å². The summed E-state index contributed by atoms with van der Waals surface area (Å²) in [6.07, 6.45) is -2.26. The quantitative estimate of drug-likeness (QED) is 0.879. The van der Waals surface area contributed by atoms with Gasteiger partial charge >= 0.3 is 6.18 Å². The fourth-order valence-electron chi connectivity index (χ4n) is 2.37. The van der Waals surface area contributed by atoms with E-state index in [2.05, 4.69) is 10.6 Å². The van der Waals surface area contributed by atoms with E-state index in [1.54, 1.807) is 0 Å². The van der Waals surface area contributed by atoms with Gasteiger partial charge in [0.2, 0.25) is 11.8 Å². The van der Waals surface area contributed by atoms with Gasteiger partial charge in [0.15, 0.2) is 0 Å². The van der Waals surface area contributed by atoms with Gasteiger partial charge < -0.3 is 10.6 Å². The number of halogens is 4. The summed E-state index contributed by atoms with van der Waals surface area (Å²) in [7, 11) is 0. The molecule has 8 heteroatoms. The van der Waals surface area contributed by atoms with Crippen LogP contribution in [0.5, 0.6) is 0 Å². The number of rotatable bonds is 4. The molecular formula is C15H14ClF3N2O2. The zero-order valence-electron chi connectivity index (χ0n) is 11.9. The Labute approximate surface area is 135 Å². The Morgan fingerprint density at radius 3 is 2.39 bits per heavy atom. The predicted molar refractivity (Wildman–Crippen MR) is 77.8 cm³/mol. The molecule has 2 N–H and O–H groups in total. The molecule has 0 heterocycles. The summed E-state index contributed by atoms with van der Waals surface area (Å²) < 4.78 is 38.3. The molecule has 2 atom stereocenters. The van der Waals surface area contributed by atoms with Gasteiger partial charge in [-0.05, 0) is 37.5 Å². The van der Waals surface area contributed by atoms with Crippen molar-refractivity contribution in [1.29, 1.82) is 0 Å². The minimum absolute atomic E-state index is 0.0139. The molecular weight excluding hydrogens is 333 g/mol. The second kappa shape index (κ2) is 5.70. The Balaban J connectivity index is 1.61. The summed E-state index contributed by atoms with van der Waals surface area (Å²) in [6.45, 7) is 0. The van der Waals surface area contributed by atoms with Crippen LogP contribution < -0.4 is 10.6 Å². The molecule has 1 aromatic rings. The summed E-state index contributed by atoms with van der Waals surface area (Å²) in [4.78, 5) is 23.8. The molecule has 2 fully saturated rings. The minimum atomic E-state index is -4.59. The zero-order chi connectivity index (χ0) is 16.8. The molecule has 2 amide bonds. The molecule has 2 aliphatic carbocycles. The van der Waals surface area contributed by atoms with Crippen molar-refractivity contribution in [3.05, 3.63) is 28.8 Å². The van der Waals surface area contributed by atoms with Crippen LogP contribution in [0.25, 0.3) is 0 Å². The number of alkyl halides is 3. The molecule has 2 aliphatic rings. The molecule has 0 aromatic heterocycles. The smallest absolute Gasteiger partial charge is 0.353 e. The Hall–Kier alpha value is -1.76. The lowest BCUT2D eigenvalue weighted by atomic mass is 10.2. The van der Waals surface area contributed by atoms with Crippen LogP contribution in [0.1, 0.15) is 24.8 Å². The number of carbonyl (C=O) groups is 2. The van der Waals surface area contributed by atoms with Crippen LogP contribution in [-0.2, 0) is 15.8 Å². The molecule has 0 bridgehead atoms. The van der Waals surface area contributed by atoms with Crippen LogP contribution in [0.3, 0.4) is 0 Å². The van der Waals surface area contributed by atoms with Crippen LogP contribution >= 0.6 is 11.6 Å². The summed E-state index contributed by atoms with van der Waals surface area (Å²) in [5.74, 6) is -1.47.